The third-order valence-electron chi connectivity index (χ3n) is 2.71. The fourth-order valence-corrected chi connectivity index (χ4v) is 1.83. The Bertz CT molecular complexity index is 377. The van der Waals surface area contributed by atoms with Crippen molar-refractivity contribution in [3.63, 3.8) is 0 Å². The molecular weight excluding hydrogens is 215 g/mol. The number of hydrogen-bond acceptors (Lipinski definition) is 2. The van der Waals surface area contributed by atoms with Gasteiger partial charge >= 0.3 is 0 Å². The third-order valence-corrected chi connectivity index (χ3v) is 3.00. The van der Waals surface area contributed by atoms with Crippen molar-refractivity contribution < 1.29 is 4.39 Å². The van der Waals surface area contributed by atoms with E-state index >= 15 is 0 Å². The molecule has 2 nitrogen and oxygen atoms in total. The maximum atomic E-state index is 13.1. The second-order valence-corrected chi connectivity index (χ2v) is 4.56. The summed E-state index contributed by atoms with van der Waals surface area (Å²) in [5.74, 6) is 0.302. The van der Waals surface area contributed by atoms with Crippen LogP contribution in [-0.4, -0.2) is 13.6 Å². The van der Waals surface area contributed by atoms with Gasteiger partial charge in [-0.3, -0.25) is 0 Å². The van der Waals surface area contributed by atoms with E-state index in [4.69, 9.17) is 17.3 Å². The van der Waals surface area contributed by atoms with Crippen molar-refractivity contribution in [3.05, 3.63) is 23.0 Å². The van der Waals surface area contributed by atoms with Gasteiger partial charge in [-0.15, -0.1) is 0 Å². The second-order valence-electron chi connectivity index (χ2n) is 4.15. The zero-order valence-corrected chi connectivity index (χ0v) is 9.39. The van der Waals surface area contributed by atoms with E-state index in [1.807, 2.05) is 11.9 Å². The first-order valence-corrected chi connectivity index (χ1v) is 5.41. The number of benzene rings is 1. The Balaban J connectivity index is 2.21. The van der Waals surface area contributed by atoms with E-state index < -0.39 is 5.82 Å². The van der Waals surface area contributed by atoms with Gasteiger partial charge in [-0.25, -0.2) is 4.39 Å². The lowest BCUT2D eigenvalue weighted by atomic mass is 10.2. The Labute approximate surface area is 93.8 Å². The molecule has 0 heterocycles. The maximum absolute atomic E-state index is 13.1. The van der Waals surface area contributed by atoms with Crippen LogP contribution in [0.2, 0.25) is 5.02 Å². The molecule has 1 aromatic carbocycles. The first-order valence-electron chi connectivity index (χ1n) is 5.03. The van der Waals surface area contributed by atoms with Crippen LogP contribution in [0.5, 0.6) is 0 Å². The quantitative estimate of drug-likeness (QED) is 0.807. The Morgan fingerprint density at radius 2 is 2.20 bits per heavy atom. The van der Waals surface area contributed by atoms with Crippen LogP contribution in [0.3, 0.4) is 0 Å². The highest BCUT2D eigenvalue weighted by atomic mass is 35.5. The summed E-state index contributed by atoms with van der Waals surface area (Å²) >= 11 is 5.72. The smallest absolute Gasteiger partial charge is 0.143 e. The van der Waals surface area contributed by atoms with E-state index in [1.54, 1.807) is 6.07 Å². The standard InChI is InChI=1S/C11H14ClFN2/c1-15(6-7-2-3-7)11-4-8(12)9(13)5-10(11)14/h4-5,7H,2-3,6,14H2,1H3. The number of halogens is 2. The number of nitrogen functional groups attached to an aromatic ring is 1. The molecule has 0 spiro atoms. The van der Waals surface area contributed by atoms with Gasteiger partial charge in [0.1, 0.15) is 5.82 Å². The lowest BCUT2D eigenvalue weighted by Gasteiger charge is -2.21. The molecule has 0 aliphatic heterocycles. The topological polar surface area (TPSA) is 29.3 Å². The van der Waals surface area contributed by atoms with E-state index in [2.05, 4.69) is 0 Å². The summed E-state index contributed by atoms with van der Waals surface area (Å²) in [5, 5.41) is 0.127. The zero-order valence-electron chi connectivity index (χ0n) is 8.63. The van der Waals surface area contributed by atoms with Crippen LogP contribution < -0.4 is 10.6 Å². The Morgan fingerprint density at radius 3 is 2.80 bits per heavy atom. The van der Waals surface area contributed by atoms with Crippen molar-refractivity contribution in [2.75, 3.05) is 24.2 Å². The Kier molecular flexibility index (Phi) is 2.74. The molecule has 0 saturated heterocycles. The fraction of sp³-hybridized carbons (Fsp3) is 0.455. The first-order chi connectivity index (χ1) is 7.08. The van der Waals surface area contributed by atoms with Gasteiger partial charge in [-0.05, 0) is 24.8 Å². The molecule has 4 heteroatoms. The summed E-state index contributed by atoms with van der Waals surface area (Å²) in [6, 6.07) is 2.87. The number of anilines is 2. The van der Waals surface area contributed by atoms with Crippen LogP contribution >= 0.6 is 11.6 Å². The summed E-state index contributed by atoms with van der Waals surface area (Å²) in [6.45, 7) is 0.964. The molecule has 1 saturated carbocycles. The zero-order chi connectivity index (χ0) is 11.0. The highest BCUT2D eigenvalue weighted by molar-refractivity contribution is 6.31. The lowest BCUT2D eigenvalue weighted by molar-refractivity contribution is 0.628. The summed E-state index contributed by atoms with van der Waals surface area (Å²) in [7, 11) is 1.96. The summed E-state index contributed by atoms with van der Waals surface area (Å²) in [6.07, 6.45) is 2.55. The number of rotatable bonds is 3. The lowest BCUT2D eigenvalue weighted by Crippen LogP contribution is -2.21. The van der Waals surface area contributed by atoms with Crippen LogP contribution in [-0.2, 0) is 0 Å². The molecule has 15 heavy (non-hydrogen) atoms. The Hall–Kier alpha value is -0.960. The summed E-state index contributed by atoms with van der Waals surface area (Å²) in [5.41, 5.74) is 7.00. The van der Waals surface area contributed by atoms with Gasteiger partial charge in [-0.1, -0.05) is 11.6 Å². The van der Waals surface area contributed by atoms with E-state index in [1.165, 1.54) is 18.9 Å². The minimum absolute atomic E-state index is 0.127. The van der Waals surface area contributed by atoms with Crippen LogP contribution in [0.25, 0.3) is 0 Å². The minimum atomic E-state index is -0.460. The van der Waals surface area contributed by atoms with Crippen LogP contribution in [0, 0.1) is 11.7 Å². The van der Waals surface area contributed by atoms with Gasteiger partial charge in [0.2, 0.25) is 0 Å². The number of nitrogens with zero attached hydrogens (tertiary/aromatic N) is 1. The predicted octanol–water partition coefficient (Wildman–Crippen LogP) is 2.91. The summed E-state index contributed by atoms with van der Waals surface area (Å²) < 4.78 is 13.1. The molecule has 0 atom stereocenters. The molecule has 0 radical (unpaired) electrons. The summed E-state index contributed by atoms with van der Waals surface area (Å²) in [4.78, 5) is 2.04. The molecule has 0 aromatic heterocycles. The minimum Gasteiger partial charge on any atom is -0.397 e. The molecule has 2 N–H and O–H groups in total. The van der Waals surface area contributed by atoms with Gasteiger partial charge in [0.05, 0.1) is 16.4 Å². The molecule has 0 unspecified atom stereocenters. The largest absolute Gasteiger partial charge is 0.397 e. The van der Waals surface area contributed by atoms with Crippen LogP contribution in [0.1, 0.15) is 12.8 Å². The van der Waals surface area contributed by atoms with E-state index in [0.717, 1.165) is 18.2 Å². The molecular formula is C11H14ClFN2. The van der Waals surface area contributed by atoms with Crippen molar-refractivity contribution in [1.29, 1.82) is 0 Å². The van der Waals surface area contributed by atoms with Crippen molar-refractivity contribution in [3.8, 4) is 0 Å². The van der Waals surface area contributed by atoms with Gasteiger partial charge in [-0.2, -0.15) is 0 Å². The van der Waals surface area contributed by atoms with Gasteiger partial charge < -0.3 is 10.6 Å². The van der Waals surface area contributed by atoms with Gasteiger partial charge in [0.25, 0.3) is 0 Å². The molecule has 0 amide bonds. The Morgan fingerprint density at radius 1 is 1.53 bits per heavy atom. The fourth-order valence-electron chi connectivity index (χ4n) is 1.67. The molecule has 1 fully saturated rings. The third kappa shape index (κ3) is 2.34. The highest BCUT2D eigenvalue weighted by Crippen LogP contribution is 2.34. The SMILES string of the molecule is CN(CC1CC1)c1cc(Cl)c(F)cc1N. The normalized spacial score (nSPS) is 15.4. The molecule has 1 aromatic rings. The van der Waals surface area contributed by atoms with Gasteiger partial charge in [0, 0.05) is 19.7 Å². The molecule has 2 rings (SSSR count). The van der Waals surface area contributed by atoms with Crippen molar-refractivity contribution in [1.82, 2.24) is 0 Å². The number of nitrogens with two attached hydrogens (primary N) is 1. The number of hydrogen-bond donors (Lipinski definition) is 1. The predicted molar refractivity (Wildman–Crippen MR) is 61.8 cm³/mol. The monoisotopic (exact) mass is 228 g/mol. The average Bonchev–Trinajstić information content (AvgIpc) is 2.95. The molecule has 0 bridgehead atoms. The van der Waals surface area contributed by atoms with Crippen LogP contribution in [0.4, 0.5) is 15.8 Å². The van der Waals surface area contributed by atoms with Crippen molar-refractivity contribution >= 4 is 23.0 Å². The molecule has 1 aliphatic rings. The molecule has 1 aliphatic carbocycles. The molecule has 82 valence electrons. The highest BCUT2D eigenvalue weighted by Gasteiger charge is 2.23. The average molecular weight is 229 g/mol. The van der Waals surface area contributed by atoms with E-state index in [9.17, 15) is 4.39 Å². The van der Waals surface area contributed by atoms with Crippen LogP contribution in [0.15, 0.2) is 12.1 Å². The van der Waals surface area contributed by atoms with E-state index in [-0.39, 0.29) is 5.02 Å². The maximum Gasteiger partial charge on any atom is 0.143 e. The first kappa shape index (κ1) is 10.6. The second kappa shape index (κ2) is 3.89. The van der Waals surface area contributed by atoms with E-state index in [0.29, 0.717) is 5.69 Å². The van der Waals surface area contributed by atoms with Crippen molar-refractivity contribution in [2.45, 2.75) is 12.8 Å². The van der Waals surface area contributed by atoms with Gasteiger partial charge in [0.15, 0.2) is 0 Å². The van der Waals surface area contributed by atoms with Crippen molar-refractivity contribution in [2.24, 2.45) is 5.92 Å².